The molecular weight excluding hydrogens is 216 g/mol. The number of ketones is 2. The molecule has 2 aliphatic rings. The van der Waals surface area contributed by atoms with Crippen LogP contribution >= 0.6 is 0 Å². The molecule has 1 aliphatic carbocycles. The zero-order valence-corrected chi connectivity index (χ0v) is 9.52. The summed E-state index contributed by atoms with van der Waals surface area (Å²) in [5, 5.41) is 0. The number of hydrogen-bond donors (Lipinski definition) is 0. The maximum atomic E-state index is 11.8. The zero-order valence-electron chi connectivity index (χ0n) is 9.52. The Balaban J connectivity index is 1.80. The SMILES string of the molecule is O=C1CCCC(C2Cc3ccccc3O2)C1=O. The lowest BCUT2D eigenvalue weighted by Crippen LogP contribution is -2.38. The van der Waals surface area contributed by atoms with Crippen LogP contribution in [0, 0.1) is 5.92 Å². The van der Waals surface area contributed by atoms with Crippen molar-refractivity contribution < 1.29 is 14.3 Å². The highest BCUT2D eigenvalue weighted by Gasteiger charge is 2.39. The quantitative estimate of drug-likeness (QED) is 0.692. The third-order valence-corrected chi connectivity index (χ3v) is 3.65. The van der Waals surface area contributed by atoms with Crippen molar-refractivity contribution in [2.75, 3.05) is 0 Å². The molecule has 88 valence electrons. The van der Waals surface area contributed by atoms with Gasteiger partial charge in [0.2, 0.25) is 5.78 Å². The predicted octanol–water partition coefficient (Wildman–Crippen LogP) is 1.93. The van der Waals surface area contributed by atoms with Crippen LogP contribution in [0.1, 0.15) is 24.8 Å². The molecular formula is C14H14O3. The van der Waals surface area contributed by atoms with Gasteiger partial charge in [0.1, 0.15) is 11.9 Å². The molecule has 3 nitrogen and oxygen atoms in total. The Hall–Kier alpha value is -1.64. The topological polar surface area (TPSA) is 43.4 Å². The van der Waals surface area contributed by atoms with Crippen LogP contribution in [0.15, 0.2) is 24.3 Å². The highest BCUT2D eigenvalue weighted by atomic mass is 16.5. The van der Waals surface area contributed by atoms with E-state index in [0.717, 1.165) is 30.6 Å². The van der Waals surface area contributed by atoms with Gasteiger partial charge in [-0.05, 0) is 24.5 Å². The smallest absolute Gasteiger partial charge is 0.205 e. The van der Waals surface area contributed by atoms with E-state index in [4.69, 9.17) is 4.74 Å². The number of fused-ring (bicyclic) bond motifs is 1. The maximum absolute atomic E-state index is 11.8. The molecule has 2 unspecified atom stereocenters. The van der Waals surface area contributed by atoms with Crippen molar-refractivity contribution in [3.8, 4) is 5.75 Å². The Morgan fingerprint density at radius 1 is 1.18 bits per heavy atom. The minimum absolute atomic E-state index is 0.135. The van der Waals surface area contributed by atoms with E-state index < -0.39 is 0 Å². The first-order chi connectivity index (χ1) is 8.25. The Morgan fingerprint density at radius 2 is 2.00 bits per heavy atom. The number of Topliss-reactive ketones (excluding diaryl/α,β-unsaturated/α-hetero) is 2. The summed E-state index contributed by atoms with van der Waals surface area (Å²) in [6.45, 7) is 0. The fraction of sp³-hybridized carbons (Fsp3) is 0.429. The number of ether oxygens (including phenoxy) is 1. The standard InChI is InChI=1S/C14H14O3/c15-11-6-3-5-10(14(11)16)13-8-9-4-1-2-7-12(9)17-13/h1-2,4,7,10,13H,3,5-6,8H2. The van der Waals surface area contributed by atoms with E-state index in [1.807, 2.05) is 24.3 Å². The predicted molar refractivity (Wildman–Crippen MR) is 61.9 cm³/mol. The summed E-state index contributed by atoms with van der Waals surface area (Å²) in [6, 6.07) is 7.84. The molecule has 0 bridgehead atoms. The Morgan fingerprint density at radius 3 is 2.82 bits per heavy atom. The van der Waals surface area contributed by atoms with E-state index in [1.54, 1.807) is 0 Å². The van der Waals surface area contributed by atoms with E-state index in [1.165, 1.54) is 0 Å². The van der Waals surface area contributed by atoms with Crippen molar-refractivity contribution in [1.29, 1.82) is 0 Å². The summed E-state index contributed by atoms with van der Waals surface area (Å²) in [4.78, 5) is 23.3. The molecule has 2 atom stereocenters. The lowest BCUT2D eigenvalue weighted by molar-refractivity contribution is -0.142. The number of rotatable bonds is 1. The molecule has 0 saturated heterocycles. The van der Waals surface area contributed by atoms with E-state index >= 15 is 0 Å². The highest BCUT2D eigenvalue weighted by Crippen LogP contribution is 2.34. The molecule has 17 heavy (non-hydrogen) atoms. The summed E-state index contributed by atoms with van der Waals surface area (Å²) in [5.41, 5.74) is 1.14. The van der Waals surface area contributed by atoms with Gasteiger partial charge in [0.05, 0.1) is 5.92 Å². The fourth-order valence-corrected chi connectivity index (χ4v) is 2.73. The van der Waals surface area contributed by atoms with Crippen LogP contribution in [-0.2, 0) is 16.0 Å². The molecule has 0 N–H and O–H groups in total. The lowest BCUT2D eigenvalue weighted by atomic mass is 9.82. The Bertz CT molecular complexity index is 453. The van der Waals surface area contributed by atoms with Gasteiger partial charge in [0.15, 0.2) is 5.78 Å². The van der Waals surface area contributed by atoms with Crippen molar-refractivity contribution in [2.45, 2.75) is 31.8 Å². The molecule has 0 spiro atoms. The summed E-state index contributed by atoms with van der Waals surface area (Å²) in [5.74, 6) is 0.182. The third-order valence-electron chi connectivity index (χ3n) is 3.65. The number of hydrogen-bond acceptors (Lipinski definition) is 3. The number of para-hydroxylation sites is 1. The number of carbonyl (C=O) groups is 2. The van der Waals surface area contributed by atoms with Crippen LogP contribution in [0.4, 0.5) is 0 Å². The average molecular weight is 230 g/mol. The van der Waals surface area contributed by atoms with Crippen LogP contribution in [0.2, 0.25) is 0 Å². The van der Waals surface area contributed by atoms with Crippen LogP contribution in [0.3, 0.4) is 0 Å². The lowest BCUT2D eigenvalue weighted by Gasteiger charge is -2.24. The minimum Gasteiger partial charge on any atom is -0.489 e. The molecule has 1 fully saturated rings. The van der Waals surface area contributed by atoms with Gasteiger partial charge >= 0.3 is 0 Å². The second kappa shape index (κ2) is 3.99. The Kier molecular flexibility index (Phi) is 2.46. The molecule has 0 radical (unpaired) electrons. The van der Waals surface area contributed by atoms with Crippen molar-refractivity contribution in [3.63, 3.8) is 0 Å². The number of carbonyl (C=O) groups excluding carboxylic acids is 2. The van der Waals surface area contributed by atoms with Crippen LogP contribution in [0.5, 0.6) is 5.75 Å². The first-order valence-electron chi connectivity index (χ1n) is 6.07. The molecule has 3 rings (SSSR count). The largest absolute Gasteiger partial charge is 0.489 e. The molecule has 3 heteroatoms. The third kappa shape index (κ3) is 1.75. The van der Waals surface area contributed by atoms with Crippen molar-refractivity contribution in [1.82, 2.24) is 0 Å². The summed E-state index contributed by atoms with van der Waals surface area (Å²) >= 11 is 0. The van der Waals surface area contributed by atoms with Gasteiger partial charge in [-0.15, -0.1) is 0 Å². The minimum atomic E-state index is -0.233. The zero-order chi connectivity index (χ0) is 11.8. The highest BCUT2D eigenvalue weighted by molar-refractivity contribution is 6.38. The fourth-order valence-electron chi connectivity index (χ4n) is 2.73. The van der Waals surface area contributed by atoms with E-state index in [9.17, 15) is 9.59 Å². The van der Waals surface area contributed by atoms with Crippen molar-refractivity contribution >= 4 is 11.6 Å². The molecule has 0 aromatic heterocycles. The molecule has 1 aromatic rings. The van der Waals surface area contributed by atoms with E-state index in [0.29, 0.717) is 6.42 Å². The monoisotopic (exact) mass is 230 g/mol. The van der Waals surface area contributed by atoms with E-state index in [2.05, 4.69) is 0 Å². The molecule has 1 heterocycles. The van der Waals surface area contributed by atoms with Gasteiger partial charge in [-0.2, -0.15) is 0 Å². The van der Waals surface area contributed by atoms with Gasteiger partial charge in [-0.1, -0.05) is 18.2 Å². The molecule has 1 saturated carbocycles. The normalized spacial score (nSPS) is 27.8. The van der Waals surface area contributed by atoms with Gasteiger partial charge in [0, 0.05) is 12.8 Å². The van der Waals surface area contributed by atoms with Gasteiger partial charge in [-0.25, -0.2) is 0 Å². The van der Waals surface area contributed by atoms with Crippen LogP contribution in [0.25, 0.3) is 0 Å². The van der Waals surface area contributed by atoms with Crippen LogP contribution in [-0.4, -0.2) is 17.7 Å². The summed E-state index contributed by atoms with van der Waals surface area (Å²) < 4.78 is 5.79. The van der Waals surface area contributed by atoms with Crippen molar-refractivity contribution in [3.05, 3.63) is 29.8 Å². The first kappa shape index (κ1) is 10.5. The van der Waals surface area contributed by atoms with E-state index in [-0.39, 0.29) is 23.6 Å². The second-order valence-electron chi connectivity index (χ2n) is 4.75. The Labute approximate surface area is 99.8 Å². The summed E-state index contributed by atoms with van der Waals surface area (Å²) in [6.07, 6.45) is 2.62. The number of benzene rings is 1. The van der Waals surface area contributed by atoms with Crippen molar-refractivity contribution in [2.24, 2.45) is 5.92 Å². The van der Waals surface area contributed by atoms with Crippen LogP contribution < -0.4 is 4.74 Å². The first-order valence-corrected chi connectivity index (χ1v) is 6.07. The molecule has 0 amide bonds. The van der Waals surface area contributed by atoms with Gasteiger partial charge < -0.3 is 4.74 Å². The maximum Gasteiger partial charge on any atom is 0.205 e. The average Bonchev–Trinajstić information content (AvgIpc) is 2.76. The summed E-state index contributed by atoms with van der Waals surface area (Å²) in [7, 11) is 0. The van der Waals surface area contributed by atoms with Gasteiger partial charge in [0.25, 0.3) is 0 Å². The van der Waals surface area contributed by atoms with Gasteiger partial charge in [-0.3, -0.25) is 9.59 Å². The molecule has 1 aliphatic heterocycles. The molecule has 1 aromatic carbocycles. The second-order valence-corrected chi connectivity index (χ2v) is 4.75.